The van der Waals surface area contributed by atoms with E-state index in [9.17, 15) is 18.8 Å². The largest absolute Gasteiger partial charge is 0.385 e. The van der Waals surface area contributed by atoms with Crippen molar-refractivity contribution in [1.82, 2.24) is 15.5 Å². The molecular weight excluding hydrogens is 365 g/mol. The molecule has 0 unspecified atom stereocenters. The first-order valence-corrected chi connectivity index (χ1v) is 9.51. The molecule has 3 amide bonds. The first-order valence-electron chi connectivity index (χ1n) is 9.51. The molecular formula is C20H28FN3O4. The number of amides is 3. The van der Waals surface area contributed by atoms with Crippen LogP contribution in [0.1, 0.15) is 36.5 Å². The quantitative estimate of drug-likeness (QED) is 0.653. The molecule has 0 spiro atoms. The number of nitrogens with one attached hydrogen (secondary N) is 2. The average molecular weight is 393 g/mol. The molecule has 1 aliphatic rings. The molecule has 1 fully saturated rings. The zero-order valence-corrected chi connectivity index (χ0v) is 16.4. The second kappa shape index (κ2) is 10.8. The van der Waals surface area contributed by atoms with Crippen LogP contribution in [0.3, 0.4) is 0 Å². The predicted octanol–water partition coefficient (Wildman–Crippen LogP) is 1.34. The van der Waals surface area contributed by atoms with E-state index >= 15 is 0 Å². The predicted molar refractivity (Wildman–Crippen MR) is 102 cm³/mol. The Bertz CT molecular complexity index is 673. The van der Waals surface area contributed by atoms with Crippen LogP contribution >= 0.6 is 0 Å². The highest BCUT2D eigenvalue weighted by atomic mass is 19.1. The van der Waals surface area contributed by atoms with Crippen molar-refractivity contribution in [2.24, 2.45) is 5.92 Å². The molecule has 0 aliphatic carbocycles. The van der Waals surface area contributed by atoms with Crippen molar-refractivity contribution in [2.45, 2.75) is 32.2 Å². The molecule has 0 aromatic heterocycles. The number of methoxy groups -OCH3 is 1. The Morgan fingerprint density at radius 3 is 2.43 bits per heavy atom. The van der Waals surface area contributed by atoms with Crippen LogP contribution in [-0.2, 0) is 14.3 Å². The molecule has 0 saturated carbocycles. The van der Waals surface area contributed by atoms with Gasteiger partial charge in [-0.05, 0) is 49.4 Å². The summed E-state index contributed by atoms with van der Waals surface area (Å²) >= 11 is 0. The Balaban J connectivity index is 2.05. The summed E-state index contributed by atoms with van der Waals surface area (Å²) in [7, 11) is 1.59. The normalized spacial score (nSPS) is 15.8. The summed E-state index contributed by atoms with van der Waals surface area (Å²) in [5, 5.41) is 5.64. The van der Waals surface area contributed by atoms with E-state index in [1.54, 1.807) is 12.0 Å². The fourth-order valence-electron chi connectivity index (χ4n) is 3.31. The molecule has 0 radical (unpaired) electrons. The average Bonchev–Trinajstić information content (AvgIpc) is 2.69. The van der Waals surface area contributed by atoms with E-state index in [1.807, 2.05) is 0 Å². The number of carbonyl (C=O) groups excluding carboxylic acids is 3. The summed E-state index contributed by atoms with van der Waals surface area (Å²) in [5.74, 6) is -1.18. The lowest BCUT2D eigenvalue weighted by Gasteiger charge is -2.35. The van der Waals surface area contributed by atoms with Crippen molar-refractivity contribution in [1.29, 1.82) is 0 Å². The number of piperidine rings is 1. The second-order valence-electron chi connectivity index (χ2n) is 6.94. The van der Waals surface area contributed by atoms with Crippen LogP contribution in [-0.4, -0.2) is 62.0 Å². The van der Waals surface area contributed by atoms with Gasteiger partial charge in [0.25, 0.3) is 5.91 Å². The van der Waals surface area contributed by atoms with Crippen LogP contribution in [0, 0.1) is 11.7 Å². The number of halogens is 1. The molecule has 7 nitrogen and oxygen atoms in total. The van der Waals surface area contributed by atoms with Gasteiger partial charge in [-0.15, -0.1) is 0 Å². The number of hydrogen-bond acceptors (Lipinski definition) is 4. The smallest absolute Gasteiger partial charge is 0.251 e. The molecule has 1 aromatic rings. The van der Waals surface area contributed by atoms with Crippen molar-refractivity contribution in [3.05, 3.63) is 35.6 Å². The van der Waals surface area contributed by atoms with E-state index in [-0.39, 0.29) is 17.7 Å². The number of ether oxygens (including phenoxy) is 1. The van der Waals surface area contributed by atoms with Gasteiger partial charge in [0.1, 0.15) is 11.9 Å². The SMILES string of the molecule is COCCCNC(=O)[C@H](NC(=O)c1ccc(F)cc1)C1CCN(C(C)=O)CC1. The highest BCUT2D eigenvalue weighted by molar-refractivity contribution is 5.97. The van der Waals surface area contributed by atoms with Gasteiger partial charge in [0, 0.05) is 45.8 Å². The maximum absolute atomic E-state index is 13.1. The lowest BCUT2D eigenvalue weighted by atomic mass is 9.88. The number of benzene rings is 1. The van der Waals surface area contributed by atoms with Crippen molar-refractivity contribution in [3.63, 3.8) is 0 Å². The van der Waals surface area contributed by atoms with Gasteiger partial charge in [-0.3, -0.25) is 14.4 Å². The third kappa shape index (κ3) is 6.30. The standard InChI is InChI=1S/C20H28FN3O4/c1-14(25)24-11-8-15(9-12-24)18(20(27)22-10-3-13-28-2)23-19(26)16-4-6-17(21)7-5-16/h4-7,15,18H,3,8-13H2,1-2H3,(H,22,27)(H,23,26)/t18-/m1/s1. The molecule has 1 aromatic carbocycles. The Kier molecular flexibility index (Phi) is 8.38. The number of hydrogen-bond donors (Lipinski definition) is 2. The van der Waals surface area contributed by atoms with Crippen molar-refractivity contribution in [3.8, 4) is 0 Å². The van der Waals surface area contributed by atoms with Gasteiger partial charge in [-0.2, -0.15) is 0 Å². The van der Waals surface area contributed by atoms with E-state index in [0.29, 0.717) is 51.1 Å². The number of rotatable bonds is 8. The molecule has 8 heteroatoms. The van der Waals surface area contributed by atoms with Gasteiger partial charge in [0.15, 0.2) is 0 Å². The van der Waals surface area contributed by atoms with Crippen molar-refractivity contribution in [2.75, 3.05) is 33.4 Å². The van der Waals surface area contributed by atoms with Gasteiger partial charge in [0.2, 0.25) is 11.8 Å². The Morgan fingerprint density at radius 1 is 1.21 bits per heavy atom. The first kappa shape index (κ1) is 21.8. The molecule has 1 heterocycles. The molecule has 1 saturated heterocycles. The van der Waals surface area contributed by atoms with Crippen LogP contribution in [0.5, 0.6) is 0 Å². The van der Waals surface area contributed by atoms with Crippen molar-refractivity contribution >= 4 is 17.7 Å². The molecule has 154 valence electrons. The van der Waals surface area contributed by atoms with Crippen molar-refractivity contribution < 1.29 is 23.5 Å². The number of likely N-dealkylation sites (tertiary alicyclic amines) is 1. The van der Waals surface area contributed by atoms with E-state index < -0.39 is 17.8 Å². The van der Waals surface area contributed by atoms with Gasteiger partial charge in [-0.1, -0.05) is 0 Å². The lowest BCUT2D eigenvalue weighted by Crippen LogP contribution is -2.53. The summed E-state index contributed by atoms with van der Waals surface area (Å²) in [5.41, 5.74) is 0.291. The Morgan fingerprint density at radius 2 is 1.86 bits per heavy atom. The minimum Gasteiger partial charge on any atom is -0.385 e. The maximum atomic E-state index is 13.1. The topological polar surface area (TPSA) is 87.7 Å². The first-order chi connectivity index (χ1) is 13.4. The third-order valence-electron chi connectivity index (χ3n) is 4.96. The van der Waals surface area contributed by atoms with Crippen LogP contribution < -0.4 is 10.6 Å². The second-order valence-corrected chi connectivity index (χ2v) is 6.94. The Hall–Kier alpha value is -2.48. The zero-order chi connectivity index (χ0) is 20.5. The molecule has 1 atom stereocenters. The van der Waals surface area contributed by atoms with Gasteiger partial charge < -0.3 is 20.3 Å². The van der Waals surface area contributed by atoms with Gasteiger partial charge in [0.05, 0.1) is 0 Å². The zero-order valence-electron chi connectivity index (χ0n) is 16.4. The minimum atomic E-state index is -0.714. The van der Waals surface area contributed by atoms with Gasteiger partial charge >= 0.3 is 0 Å². The van der Waals surface area contributed by atoms with E-state index in [2.05, 4.69) is 10.6 Å². The van der Waals surface area contributed by atoms with E-state index in [4.69, 9.17) is 4.74 Å². The Labute approximate surface area is 164 Å². The highest BCUT2D eigenvalue weighted by Crippen LogP contribution is 2.21. The van der Waals surface area contributed by atoms with E-state index in [1.165, 1.54) is 31.2 Å². The summed E-state index contributed by atoms with van der Waals surface area (Å²) in [6, 6.07) is 4.47. The fraction of sp³-hybridized carbons (Fsp3) is 0.550. The van der Waals surface area contributed by atoms with Gasteiger partial charge in [-0.25, -0.2) is 4.39 Å². The number of nitrogens with zero attached hydrogens (tertiary/aromatic N) is 1. The van der Waals surface area contributed by atoms with Crippen LogP contribution in [0.4, 0.5) is 4.39 Å². The van der Waals surface area contributed by atoms with Crippen LogP contribution in [0.15, 0.2) is 24.3 Å². The molecule has 1 aliphatic heterocycles. The minimum absolute atomic E-state index is 0.00867. The highest BCUT2D eigenvalue weighted by Gasteiger charge is 2.33. The summed E-state index contributed by atoms with van der Waals surface area (Å²) < 4.78 is 18.1. The van der Waals surface area contributed by atoms with Crippen LogP contribution in [0.25, 0.3) is 0 Å². The molecule has 28 heavy (non-hydrogen) atoms. The number of carbonyl (C=O) groups is 3. The monoisotopic (exact) mass is 393 g/mol. The summed E-state index contributed by atoms with van der Waals surface area (Å²) in [6.07, 6.45) is 1.92. The maximum Gasteiger partial charge on any atom is 0.251 e. The molecule has 2 rings (SSSR count). The fourth-order valence-corrected chi connectivity index (χ4v) is 3.31. The molecule has 0 bridgehead atoms. The lowest BCUT2D eigenvalue weighted by molar-refractivity contribution is -0.130. The van der Waals surface area contributed by atoms with Crippen LogP contribution in [0.2, 0.25) is 0 Å². The summed E-state index contributed by atoms with van der Waals surface area (Å²) in [6.45, 7) is 3.61. The summed E-state index contributed by atoms with van der Waals surface area (Å²) in [4.78, 5) is 38.6. The molecule has 2 N–H and O–H groups in total. The third-order valence-corrected chi connectivity index (χ3v) is 4.96. The van der Waals surface area contributed by atoms with E-state index in [0.717, 1.165) is 0 Å².